The zero-order valence-electron chi connectivity index (χ0n) is 14.3. The third kappa shape index (κ3) is 3.26. The summed E-state index contributed by atoms with van der Waals surface area (Å²) in [4.78, 5) is 23.7. The minimum absolute atomic E-state index is 0.138. The number of thioether (sulfide) groups is 1. The van der Waals surface area contributed by atoms with Crippen LogP contribution in [0.2, 0.25) is 0 Å². The van der Waals surface area contributed by atoms with E-state index in [0.717, 1.165) is 22.1 Å². The number of benzene rings is 1. The maximum Gasteiger partial charge on any atom is 0.251 e. The molecule has 0 bridgehead atoms. The number of amides is 2. The SMILES string of the molecule is Cc1cc2nnc(SCC(=O)Nc3sccc3C(N)=O)n2c2ccccc12. The van der Waals surface area contributed by atoms with Crippen LogP contribution in [0.4, 0.5) is 5.00 Å². The van der Waals surface area contributed by atoms with E-state index in [0.29, 0.717) is 15.7 Å². The molecule has 136 valence electrons. The number of aromatic nitrogens is 3. The van der Waals surface area contributed by atoms with Crippen molar-refractivity contribution in [3.8, 4) is 0 Å². The van der Waals surface area contributed by atoms with Crippen molar-refractivity contribution < 1.29 is 9.59 Å². The monoisotopic (exact) mass is 397 g/mol. The molecule has 0 unspecified atom stereocenters. The molecular formula is C18H15N5O2S2. The van der Waals surface area contributed by atoms with Gasteiger partial charge in [-0.15, -0.1) is 21.5 Å². The van der Waals surface area contributed by atoms with E-state index in [1.165, 1.54) is 23.1 Å². The van der Waals surface area contributed by atoms with Gasteiger partial charge in [0.05, 0.1) is 16.8 Å². The molecule has 0 saturated carbocycles. The van der Waals surface area contributed by atoms with Crippen molar-refractivity contribution in [2.45, 2.75) is 12.1 Å². The van der Waals surface area contributed by atoms with Crippen molar-refractivity contribution in [3.63, 3.8) is 0 Å². The number of pyridine rings is 1. The molecule has 0 radical (unpaired) electrons. The first kappa shape index (κ1) is 17.5. The van der Waals surface area contributed by atoms with Crippen LogP contribution in [0.15, 0.2) is 46.9 Å². The molecule has 0 spiro atoms. The highest BCUT2D eigenvalue weighted by Crippen LogP contribution is 2.27. The molecule has 27 heavy (non-hydrogen) atoms. The van der Waals surface area contributed by atoms with Crippen molar-refractivity contribution in [3.05, 3.63) is 52.9 Å². The van der Waals surface area contributed by atoms with E-state index in [4.69, 9.17) is 5.73 Å². The highest BCUT2D eigenvalue weighted by atomic mass is 32.2. The van der Waals surface area contributed by atoms with Gasteiger partial charge in [-0.3, -0.25) is 14.0 Å². The van der Waals surface area contributed by atoms with Crippen LogP contribution in [0.5, 0.6) is 0 Å². The molecule has 7 nitrogen and oxygen atoms in total. The number of anilines is 1. The van der Waals surface area contributed by atoms with Crippen molar-refractivity contribution >= 4 is 56.5 Å². The molecule has 0 aliphatic heterocycles. The molecule has 2 amide bonds. The summed E-state index contributed by atoms with van der Waals surface area (Å²) in [6, 6.07) is 11.6. The van der Waals surface area contributed by atoms with Gasteiger partial charge < -0.3 is 11.1 Å². The largest absolute Gasteiger partial charge is 0.366 e. The number of hydrogen-bond acceptors (Lipinski definition) is 6. The van der Waals surface area contributed by atoms with Crippen molar-refractivity contribution in [1.82, 2.24) is 14.6 Å². The van der Waals surface area contributed by atoms with Gasteiger partial charge in [-0.05, 0) is 36.1 Å². The van der Waals surface area contributed by atoms with Gasteiger partial charge in [-0.2, -0.15) is 0 Å². The number of nitrogens with two attached hydrogens (primary N) is 1. The number of primary amides is 1. The van der Waals surface area contributed by atoms with E-state index < -0.39 is 5.91 Å². The maximum absolute atomic E-state index is 12.3. The average Bonchev–Trinajstić information content (AvgIpc) is 3.27. The Balaban J connectivity index is 1.57. The Bertz CT molecular complexity index is 1180. The third-order valence-electron chi connectivity index (χ3n) is 4.09. The summed E-state index contributed by atoms with van der Waals surface area (Å²) in [5, 5.41) is 15.1. The normalized spacial score (nSPS) is 11.1. The van der Waals surface area contributed by atoms with Gasteiger partial charge in [-0.1, -0.05) is 30.0 Å². The van der Waals surface area contributed by atoms with E-state index >= 15 is 0 Å². The second kappa shape index (κ2) is 7.01. The lowest BCUT2D eigenvalue weighted by atomic mass is 10.1. The summed E-state index contributed by atoms with van der Waals surface area (Å²) in [7, 11) is 0. The molecule has 3 heterocycles. The first-order valence-electron chi connectivity index (χ1n) is 8.08. The van der Waals surface area contributed by atoms with E-state index in [9.17, 15) is 9.59 Å². The Morgan fingerprint density at radius 3 is 2.89 bits per heavy atom. The Kier molecular flexibility index (Phi) is 4.54. The molecule has 0 aliphatic carbocycles. The lowest BCUT2D eigenvalue weighted by Crippen LogP contribution is -2.17. The predicted molar refractivity (Wildman–Crippen MR) is 107 cm³/mol. The van der Waals surface area contributed by atoms with E-state index in [1.807, 2.05) is 41.7 Å². The molecule has 3 N–H and O–H groups in total. The van der Waals surface area contributed by atoms with Crippen LogP contribution < -0.4 is 11.1 Å². The van der Waals surface area contributed by atoms with Crippen LogP contribution in [0.3, 0.4) is 0 Å². The minimum Gasteiger partial charge on any atom is -0.366 e. The van der Waals surface area contributed by atoms with Crippen molar-refractivity contribution in [2.24, 2.45) is 5.73 Å². The van der Waals surface area contributed by atoms with Crippen LogP contribution in [-0.4, -0.2) is 32.2 Å². The summed E-state index contributed by atoms with van der Waals surface area (Å²) < 4.78 is 1.94. The zero-order chi connectivity index (χ0) is 19.0. The lowest BCUT2D eigenvalue weighted by Gasteiger charge is -2.07. The van der Waals surface area contributed by atoms with Crippen LogP contribution in [-0.2, 0) is 4.79 Å². The highest BCUT2D eigenvalue weighted by molar-refractivity contribution is 7.99. The Hall–Kier alpha value is -2.91. The minimum atomic E-state index is -0.565. The van der Waals surface area contributed by atoms with Gasteiger partial charge in [0.25, 0.3) is 5.91 Å². The van der Waals surface area contributed by atoms with Crippen LogP contribution in [0.1, 0.15) is 15.9 Å². The van der Waals surface area contributed by atoms with E-state index in [-0.39, 0.29) is 11.7 Å². The molecule has 3 aromatic heterocycles. The summed E-state index contributed by atoms with van der Waals surface area (Å²) >= 11 is 2.55. The number of fused-ring (bicyclic) bond motifs is 3. The van der Waals surface area contributed by atoms with E-state index in [2.05, 4.69) is 15.5 Å². The molecule has 4 rings (SSSR count). The summed E-state index contributed by atoms with van der Waals surface area (Å²) in [5.41, 5.74) is 8.47. The highest BCUT2D eigenvalue weighted by Gasteiger charge is 2.15. The Labute approximate surface area is 162 Å². The maximum atomic E-state index is 12.3. The van der Waals surface area contributed by atoms with Crippen LogP contribution in [0.25, 0.3) is 16.6 Å². The number of carbonyl (C=O) groups excluding carboxylic acids is 2. The van der Waals surface area contributed by atoms with E-state index in [1.54, 1.807) is 11.4 Å². The number of nitrogens with zero attached hydrogens (tertiary/aromatic N) is 3. The Morgan fingerprint density at radius 2 is 2.07 bits per heavy atom. The second-order valence-electron chi connectivity index (χ2n) is 5.89. The first-order valence-corrected chi connectivity index (χ1v) is 9.94. The van der Waals surface area contributed by atoms with Gasteiger partial charge in [0, 0.05) is 5.39 Å². The number of aryl methyl sites for hydroxylation is 1. The van der Waals surface area contributed by atoms with Crippen LogP contribution in [0, 0.1) is 6.92 Å². The molecular weight excluding hydrogens is 382 g/mol. The number of para-hydroxylation sites is 1. The fourth-order valence-corrected chi connectivity index (χ4v) is 4.42. The molecule has 0 atom stereocenters. The number of nitrogens with one attached hydrogen (secondary N) is 1. The summed E-state index contributed by atoms with van der Waals surface area (Å²) in [6.45, 7) is 2.04. The second-order valence-corrected chi connectivity index (χ2v) is 7.74. The van der Waals surface area contributed by atoms with Crippen LogP contribution >= 0.6 is 23.1 Å². The number of rotatable bonds is 5. The van der Waals surface area contributed by atoms with Gasteiger partial charge in [0.1, 0.15) is 5.00 Å². The standard InChI is InChI=1S/C18H15N5O2S2/c1-10-8-14-21-22-18(23(14)13-5-3-2-4-11(10)13)27-9-15(24)20-17-12(16(19)25)6-7-26-17/h2-8H,9H2,1H3,(H2,19,25)(H,20,24). The number of carbonyl (C=O) groups is 2. The number of thiophene rings is 1. The molecule has 1 aromatic carbocycles. The molecule has 0 saturated heterocycles. The molecule has 0 fully saturated rings. The third-order valence-corrected chi connectivity index (χ3v) is 5.85. The first-order chi connectivity index (χ1) is 13.0. The summed E-state index contributed by atoms with van der Waals surface area (Å²) in [6.07, 6.45) is 0. The molecule has 0 aliphatic rings. The Morgan fingerprint density at radius 1 is 1.26 bits per heavy atom. The van der Waals surface area contributed by atoms with Gasteiger partial charge >= 0.3 is 0 Å². The van der Waals surface area contributed by atoms with Gasteiger partial charge in [0.15, 0.2) is 10.8 Å². The van der Waals surface area contributed by atoms with Gasteiger partial charge in [0.2, 0.25) is 5.91 Å². The molecule has 9 heteroatoms. The van der Waals surface area contributed by atoms with Crippen molar-refractivity contribution in [1.29, 1.82) is 0 Å². The molecule has 4 aromatic rings. The zero-order valence-corrected chi connectivity index (χ0v) is 15.9. The number of hydrogen-bond donors (Lipinski definition) is 2. The topological polar surface area (TPSA) is 102 Å². The predicted octanol–water partition coefficient (Wildman–Crippen LogP) is 3.08. The average molecular weight is 397 g/mol. The summed E-state index contributed by atoms with van der Waals surface area (Å²) in [5.74, 6) is -0.665. The van der Waals surface area contributed by atoms with Gasteiger partial charge in [-0.25, -0.2) is 0 Å². The van der Waals surface area contributed by atoms with Crippen molar-refractivity contribution in [2.75, 3.05) is 11.1 Å². The quantitative estimate of drug-likeness (QED) is 0.504. The fraction of sp³-hybridized carbons (Fsp3) is 0.111. The lowest BCUT2D eigenvalue weighted by molar-refractivity contribution is -0.113. The smallest absolute Gasteiger partial charge is 0.251 e. The fourth-order valence-electron chi connectivity index (χ4n) is 2.86.